The molecule has 1 saturated carbocycles. The van der Waals surface area contributed by atoms with Gasteiger partial charge in [0.25, 0.3) is 0 Å². The van der Waals surface area contributed by atoms with Crippen molar-refractivity contribution in [3.05, 3.63) is 0 Å². The minimum absolute atomic E-state index is 0. The van der Waals surface area contributed by atoms with Crippen LogP contribution in [0.25, 0.3) is 0 Å². The Balaban J connectivity index is 0.000001000. The van der Waals surface area contributed by atoms with E-state index in [1.807, 2.05) is 7.05 Å². The molecule has 3 heteroatoms. The Bertz CT molecular complexity index is 88.1. The smallest absolute Gasteiger partial charge is 0.0724 e. The second kappa shape index (κ2) is 5.81. The van der Waals surface area contributed by atoms with Gasteiger partial charge in [0.05, 0.1) is 6.10 Å². The molecule has 1 aliphatic rings. The highest BCUT2D eigenvalue weighted by atomic mass is 35.5. The molecule has 0 aromatic carbocycles. The number of methoxy groups -OCH3 is 1. The second-order valence-corrected chi connectivity index (χ2v) is 2.95. The molecule has 0 amide bonds. The van der Waals surface area contributed by atoms with Crippen molar-refractivity contribution in [1.29, 1.82) is 0 Å². The number of nitrogens with one attached hydrogen (secondary N) is 1. The van der Waals surface area contributed by atoms with Crippen LogP contribution in [0.5, 0.6) is 0 Å². The topological polar surface area (TPSA) is 21.3 Å². The summed E-state index contributed by atoms with van der Waals surface area (Å²) in [6.07, 6.45) is 5.64. The first-order valence-electron chi connectivity index (χ1n) is 4.08. The van der Waals surface area contributed by atoms with Gasteiger partial charge in [0.2, 0.25) is 0 Å². The van der Waals surface area contributed by atoms with E-state index in [0.29, 0.717) is 12.1 Å². The summed E-state index contributed by atoms with van der Waals surface area (Å²) in [7, 11) is 3.82. The van der Waals surface area contributed by atoms with Crippen LogP contribution in [0.2, 0.25) is 0 Å². The molecule has 0 radical (unpaired) electrons. The molecule has 0 heterocycles. The molecule has 0 spiro atoms. The lowest BCUT2D eigenvalue weighted by atomic mass is 9.93. The quantitative estimate of drug-likeness (QED) is 0.695. The van der Waals surface area contributed by atoms with Gasteiger partial charge in [-0.15, -0.1) is 12.4 Å². The molecule has 0 aliphatic heterocycles. The first-order chi connectivity index (χ1) is 4.88. The summed E-state index contributed by atoms with van der Waals surface area (Å²) < 4.78 is 5.33. The van der Waals surface area contributed by atoms with Gasteiger partial charge in [0, 0.05) is 13.2 Å². The lowest BCUT2D eigenvalue weighted by Crippen LogP contribution is -2.41. The maximum absolute atomic E-state index is 5.33. The molecule has 2 atom stereocenters. The van der Waals surface area contributed by atoms with Crippen molar-refractivity contribution in [2.75, 3.05) is 14.2 Å². The summed E-state index contributed by atoms with van der Waals surface area (Å²) in [5.74, 6) is 0. The third-order valence-electron chi connectivity index (χ3n) is 2.38. The lowest BCUT2D eigenvalue weighted by Gasteiger charge is -2.29. The molecule has 68 valence electrons. The summed E-state index contributed by atoms with van der Waals surface area (Å²) in [6.45, 7) is 0. The van der Waals surface area contributed by atoms with Gasteiger partial charge in [0.15, 0.2) is 0 Å². The van der Waals surface area contributed by atoms with Crippen molar-refractivity contribution in [3.8, 4) is 0 Å². The van der Waals surface area contributed by atoms with Crippen LogP contribution in [-0.2, 0) is 4.74 Å². The van der Waals surface area contributed by atoms with Gasteiger partial charge in [-0.3, -0.25) is 0 Å². The Morgan fingerprint density at radius 1 is 1.27 bits per heavy atom. The monoisotopic (exact) mass is 179 g/mol. The highest BCUT2D eigenvalue weighted by Gasteiger charge is 2.22. The average Bonchev–Trinajstić information content (AvgIpc) is 2.04. The molecular formula is C8H18ClNO. The Morgan fingerprint density at radius 3 is 2.36 bits per heavy atom. The highest BCUT2D eigenvalue weighted by Crippen LogP contribution is 2.19. The summed E-state index contributed by atoms with van der Waals surface area (Å²) in [5, 5.41) is 3.28. The van der Waals surface area contributed by atoms with Gasteiger partial charge in [-0.1, -0.05) is 12.8 Å². The van der Waals surface area contributed by atoms with E-state index in [9.17, 15) is 0 Å². The van der Waals surface area contributed by atoms with E-state index >= 15 is 0 Å². The molecule has 11 heavy (non-hydrogen) atoms. The zero-order valence-electron chi connectivity index (χ0n) is 7.30. The standard InChI is InChI=1S/C8H17NO.ClH/c1-9-7-5-3-4-6-8(7)10-2;/h7-9H,3-6H2,1-2H3;1H/t7-,8-;/m1./s1. The van der Waals surface area contributed by atoms with Crippen molar-refractivity contribution >= 4 is 12.4 Å². The van der Waals surface area contributed by atoms with E-state index in [-0.39, 0.29) is 12.4 Å². The Kier molecular flexibility index (Phi) is 5.92. The fourth-order valence-corrected chi connectivity index (χ4v) is 1.71. The van der Waals surface area contributed by atoms with Crippen LogP contribution in [0.4, 0.5) is 0 Å². The maximum Gasteiger partial charge on any atom is 0.0724 e. The molecule has 0 aromatic rings. The zero-order chi connectivity index (χ0) is 7.40. The molecular weight excluding hydrogens is 162 g/mol. The number of hydrogen-bond acceptors (Lipinski definition) is 2. The van der Waals surface area contributed by atoms with Gasteiger partial charge >= 0.3 is 0 Å². The number of hydrogen-bond donors (Lipinski definition) is 1. The first-order valence-corrected chi connectivity index (χ1v) is 4.08. The number of likely N-dealkylation sites (N-methyl/N-ethyl adjacent to an activating group) is 1. The van der Waals surface area contributed by atoms with E-state index in [4.69, 9.17) is 4.74 Å². The maximum atomic E-state index is 5.33. The van der Waals surface area contributed by atoms with Crippen LogP contribution in [0.15, 0.2) is 0 Å². The predicted octanol–water partition coefficient (Wildman–Crippen LogP) is 1.59. The van der Waals surface area contributed by atoms with Crippen molar-refractivity contribution in [3.63, 3.8) is 0 Å². The predicted molar refractivity (Wildman–Crippen MR) is 49.4 cm³/mol. The van der Waals surface area contributed by atoms with E-state index in [2.05, 4.69) is 5.32 Å². The Hall–Kier alpha value is 0.210. The molecule has 0 aromatic heterocycles. The second-order valence-electron chi connectivity index (χ2n) is 2.95. The van der Waals surface area contributed by atoms with Gasteiger partial charge < -0.3 is 10.1 Å². The summed E-state index contributed by atoms with van der Waals surface area (Å²) in [5.41, 5.74) is 0. The van der Waals surface area contributed by atoms with Crippen molar-refractivity contribution in [2.24, 2.45) is 0 Å². The van der Waals surface area contributed by atoms with Crippen LogP contribution < -0.4 is 5.32 Å². The third-order valence-corrected chi connectivity index (χ3v) is 2.38. The number of rotatable bonds is 2. The van der Waals surface area contributed by atoms with Gasteiger partial charge in [-0.05, 0) is 19.9 Å². The molecule has 2 nitrogen and oxygen atoms in total. The number of halogens is 1. The van der Waals surface area contributed by atoms with Crippen LogP contribution in [0.1, 0.15) is 25.7 Å². The fourth-order valence-electron chi connectivity index (χ4n) is 1.71. The van der Waals surface area contributed by atoms with Crippen molar-refractivity contribution in [1.82, 2.24) is 5.32 Å². The average molecular weight is 180 g/mol. The van der Waals surface area contributed by atoms with Gasteiger partial charge in [0.1, 0.15) is 0 Å². The molecule has 1 N–H and O–H groups in total. The van der Waals surface area contributed by atoms with E-state index in [1.165, 1.54) is 25.7 Å². The lowest BCUT2D eigenvalue weighted by molar-refractivity contribution is 0.0445. The highest BCUT2D eigenvalue weighted by molar-refractivity contribution is 5.85. The molecule has 1 rings (SSSR count). The Labute approximate surface area is 75.1 Å². The van der Waals surface area contributed by atoms with E-state index in [0.717, 1.165) is 0 Å². The van der Waals surface area contributed by atoms with Crippen molar-refractivity contribution in [2.45, 2.75) is 37.8 Å². The van der Waals surface area contributed by atoms with Crippen LogP contribution in [-0.4, -0.2) is 26.3 Å². The normalized spacial score (nSPS) is 31.1. The largest absolute Gasteiger partial charge is 0.380 e. The summed E-state index contributed by atoms with van der Waals surface area (Å²) in [6, 6.07) is 0.596. The SMILES string of the molecule is CN[C@@H]1CCCC[C@H]1OC.Cl. The molecule has 1 aliphatic carbocycles. The molecule has 0 saturated heterocycles. The minimum atomic E-state index is 0. The van der Waals surface area contributed by atoms with Crippen LogP contribution in [0, 0.1) is 0 Å². The zero-order valence-corrected chi connectivity index (χ0v) is 8.12. The van der Waals surface area contributed by atoms with Crippen molar-refractivity contribution < 1.29 is 4.74 Å². The minimum Gasteiger partial charge on any atom is -0.380 e. The van der Waals surface area contributed by atoms with Crippen LogP contribution >= 0.6 is 12.4 Å². The summed E-state index contributed by atoms with van der Waals surface area (Å²) in [4.78, 5) is 0. The molecule has 0 unspecified atom stereocenters. The first kappa shape index (κ1) is 11.2. The van der Waals surface area contributed by atoms with E-state index < -0.39 is 0 Å². The van der Waals surface area contributed by atoms with Crippen LogP contribution in [0.3, 0.4) is 0 Å². The fraction of sp³-hybridized carbons (Fsp3) is 1.00. The third kappa shape index (κ3) is 2.97. The van der Waals surface area contributed by atoms with E-state index in [1.54, 1.807) is 7.11 Å². The van der Waals surface area contributed by atoms with Gasteiger partial charge in [-0.2, -0.15) is 0 Å². The summed E-state index contributed by atoms with van der Waals surface area (Å²) >= 11 is 0. The Morgan fingerprint density at radius 2 is 1.91 bits per heavy atom. The molecule has 0 bridgehead atoms. The molecule has 1 fully saturated rings. The van der Waals surface area contributed by atoms with Gasteiger partial charge in [-0.25, -0.2) is 0 Å². The number of ether oxygens (including phenoxy) is 1.